The summed E-state index contributed by atoms with van der Waals surface area (Å²) in [6.07, 6.45) is 0.894. The minimum absolute atomic E-state index is 0.0391. The van der Waals surface area contributed by atoms with Crippen LogP contribution in [0.3, 0.4) is 0 Å². The lowest BCUT2D eigenvalue weighted by Gasteiger charge is -2.10. The van der Waals surface area contributed by atoms with E-state index in [2.05, 4.69) is 15.5 Å². The van der Waals surface area contributed by atoms with Crippen LogP contribution in [0, 0.1) is 5.82 Å². The summed E-state index contributed by atoms with van der Waals surface area (Å²) in [5, 5.41) is 12.0. The maximum atomic E-state index is 13.3. The fourth-order valence-electron chi connectivity index (χ4n) is 2.40. The van der Waals surface area contributed by atoms with E-state index in [-0.39, 0.29) is 17.5 Å². The minimum atomic E-state index is -0.304. The van der Waals surface area contributed by atoms with Gasteiger partial charge >= 0.3 is 0 Å². The highest BCUT2D eigenvalue weighted by atomic mass is 32.2. The topological polar surface area (TPSA) is 59.8 Å². The van der Waals surface area contributed by atoms with Gasteiger partial charge in [-0.25, -0.2) is 4.39 Å². The number of nitrogens with one attached hydrogen (secondary N) is 1. The SMILES string of the molecule is CCCNC(=O)CSc1nnc(-c2ccc(F)cc2)n1-c1ccccc1. The molecule has 1 aromatic heterocycles. The third-order valence-corrected chi connectivity index (χ3v) is 4.58. The van der Waals surface area contributed by atoms with Crippen LogP contribution in [0.1, 0.15) is 13.3 Å². The van der Waals surface area contributed by atoms with Crippen LogP contribution in [0.5, 0.6) is 0 Å². The second-order valence-corrected chi connectivity index (χ2v) is 6.57. The maximum absolute atomic E-state index is 13.3. The monoisotopic (exact) mass is 370 g/mol. The Kier molecular flexibility index (Phi) is 6.01. The van der Waals surface area contributed by atoms with Crippen LogP contribution >= 0.6 is 11.8 Å². The summed E-state index contributed by atoms with van der Waals surface area (Å²) in [4.78, 5) is 11.9. The summed E-state index contributed by atoms with van der Waals surface area (Å²) in [5.74, 6) is 0.520. The van der Waals surface area contributed by atoms with E-state index in [0.717, 1.165) is 17.7 Å². The fourth-order valence-corrected chi connectivity index (χ4v) is 3.19. The number of halogens is 1. The van der Waals surface area contributed by atoms with Crippen molar-refractivity contribution >= 4 is 17.7 Å². The first-order valence-corrected chi connectivity index (χ1v) is 9.34. The summed E-state index contributed by atoms with van der Waals surface area (Å²) >= 11 is 1.32. The Labute approximate surface area is 155 Å². The molecule has 1 amide bonds. The van der Waals surface area contributed by atoms with E-state index in [1.165, 1.54) is 23.9 Å². The average molecular weight is 370 g/mol. The molecule has 1 heterocycles. The zero-order valence-corrected chi connectivity index (χ0v) is 15.2. The van der Waals surface area contributed by atoms with Crippen LogP contribution in [-0.2, 0) is 4.79 Å². The summed E-state index contributed by atoms with van der Waals surface area (Å²) in [5.41, 5.74) is 1.64. The molecule has 0 saturated carbocycles. The van der Waals surface area contributed by atoms with E-state index in [0.29, 0.717) is 17.5 Å². The molecule has 7 heteroatoms. The number of para-hydroxylation sites is 1. The molecule has 0 atom stereocenters. The van der Waals surface area contributed by atoms with Crippen molar-refractivity contribution in [3.63, 3.8) is 0 Å². The van der Waals surface area contributed by atoms with Gasteiger partial charge in [0.15, 0.2) is 11.0 Å². The van der Waals surface area contributed by atoms with Gasteiger partial charge in [-0.1, -0.05) is 36.9 Å². The fraction of sp³-hybridized carbons (Fsp3) is 0.211. The summed E-state index contributed by atoms with van der Waals surface area (Å²) in [6.45, 7) is 2.67. The van der Waals surface area contributed by atoms with Crippen molar-refractivity contribution in [3.05, 3.63) is 60.4 Å². The largest absolute Gasteiger partial charge is 0.355 e. The number of amides is 1. The van der Waals surface area contributed by atoms with Gasteiger partial charge in [-0.15, -0.1) is 10.2 Å². The van der Waals surface area contributed by atoms with Gasteiger partial charge in [-0.3, -0.25) is 9.36 Å². The molecule has 134 valence electrons. The van der Waals surface area contributed by atoms with E-state index in [1.54, 1.807) is 12.1 Å². The van der Waals surface area contributed by atoms with E-state index >= 15 is 0 Å². The number of hydrogen-bond acceptors (Lipinski definition) is 4. The van der Waals surface area contributed by atoms with Crippen LogP contribution in [0.15, 0.2) is 59.8 Å². The molecule has 0 saturated heterocycles. The predicted octanol–water partition coefficient (Wildman–Crippen LogP) is 3.69. The second-order valence-electron chi connectivity index (χ2n) is 5.62. The molecular formula is C19H19FN4OS. The van der Waals surface area contributed by atoms with Crippen LogP contribution in [0.25, 0.3) is 17.1 Å². The van der Waals surface area contributed by atoms with Crippen molar-refractivity contribution in [2.45, 2.75) is 18.5 Å². The lowest BCUT2D eigenvalue weighted by atomic mass is 10.2. The number of carbonyl (C=O) groups is 1. The molecule has 26 heavy (non-hydrogen) atoms. The molecule has 0 bridgehead atoms. The first-order chi connectivity index (χ1) is 12.7. The van der Waals surface area contributed by atoms with Gasteiger partial charge in [-0.2, -0.15) is 0 Å². The molecule has 1 N–H and O–H groups in total. The van der Waals surface area contributed by atoms with E-state index in [9.17, 15) is 9.18 Å². The minimum Gasteiger partial charge on any atom is -0.355 e. The van der Waals surface area contributed by atoms with Crippen LogP contribution in [0.2, 0.25) is 0 Å². The van der Waals surface area contributed by atoms with Crippen LogP contribution in [-0.4, -0.2) is 33.0 Å². The normalized spacial score (nSPS) is 10.7. The number of aromatic nitrogens is 3. The number of nitrogens with zero attached hydrogens (tertiary/aromatic N) is 3. The Morgan fingerprint density at radius 2 is 1.85 bits per heavy atom. The zero-order valence-electron chi connectivity index (χ0n) is 14.4. The standard InChI is InChI=1S/C19H19FN4OS/c1-2-12-21-17(25)13-26-19-23-22-18(14-8-10-15(20)11-9-14)24(19)16-6-4-3-5-7-16/h3-11H,2,12-13H2,1H3,(H,21,25). The summed E-state index contributed by atoms with van der Waals surface area (Å²) < 4.78 is 15.1. The molecule has 3 aromatic rings. The van der Waals surface area contributed by atoms with Crippen molar-refractivity contribution in [1.82, 2.24) is 20.1 Å². The molecule has 5 nitrogen and oxygen atoms in total. The number of benzene rings is 2. The van der Waals surface area contributed by atoms with E-state index < -0.39 is 0 Å². The lowest BCUT2D eigenvalue weighted by molar-refractivity contribution is -0.118. The molecule has 0 aliphatic heterocycles. The molecule has 2 aromatic carbocycles. The Balaban J connectivity index is 1.92. The Bertz CT molecular complexity index is 865. The van der Waals surface area contributed by atoms with Crippen molar-refractivity contribution in [2.24, 2.45) is 0 Å². The molecule has 0 fully saturated rings. The molecule has 0 aliphatic rings. The van der Waals surface area contributed by atoms with Gasteiger partial charge in [-0.05, 0) is 42.8 Å². The molecule has 3 rings (SSSR count). The highest BCUT2D eigenvalue weighted by molar-refractivity contribution is 7.99. The number of hydrogen-bond donors (Lipinski definition) is 1. The van der Waals surface area contributed by atoms with Crippen LogP contribution < -0.4 is 5.32 Å². The van der Waals surface area contributed by atoms with Gasteiger partial charge in [0.05, 0.1) is 5.75 Å². The van der Waals surface area contributed by atoms with Gasteiger partial charge in [0.25, 0.3) is 0 Å². The summed E-state index contributed by atoms with van der Waals surface area (Å²) in [7, 11) is 0. The van der Waals surface area contributed by atoms with E-state index in [4.69, 9.17) is 0 Å². The highest BCUT2D eigenvalue weighted by Gasteiger charge is 2.17. The maximum Gasteiger partial charge on any atom is 0.230 e. The Hall–Kier alpha value is -2.67. The predicted molar refractivity (Wildman–Crippen MR) is 101 cm³/mol. The number of thioether (sulfide) groups is 1. The first kappa shape index (κ1) is 18.1. The van der Waals surface area contributed by atoms with Gasteiger partial charge < -0.3 is 5.32 Å². The molecular weight excluding hydrogens is 351 g/mol. The average Bonchev–Trinajstić information content (AvgIpc) is 3.10. The number of carbonyl (C=O) groups excluding carboxylic acids is 1. The van der Waals surface area contributed by atoms with Gasteiger partial charge in [0.1, 0.15) is 5.82 Å². The zero-order chi connectivity index (χ0) is 18.4. The van der Waals surface area contributed by atoms with Crippen molar-refractivity contribution < 1.29 is 9.18 Å². The Morgan fingerprint density at radius 1 is 1.12 bits per heavy atom. The third kappa shape index (κ3) is 4.29. The summed E-state index contributed by atoms with van der Waals surface area (Å²) in [6, 6.07) is 15.8. The third-order valence-electron chi connectivity index (χ3n) is 3.65. The van der Waals surface area contributed by atoms with Gasteiger partial charge in [0.2, 0.25) is 5.91 Å². The Morgan fingerprint density at radius 3 is 2.54 bits per heavy atom. The smallest absolute Gasteiger partial charge is 0.230 e. The van der Waals surface area contributed by atoms with E-state index in [1.807, 2.05) is 41.8 Å². The second kappa shape index (κ2) is 8.62. The first-order valence-electron chi connectivity index (χ1n) is 8.35. The van der Waals surface area contributed by atoms with Crippen LogP contribution in [0.4, 0.5) is 4.39 Å². The van der Waals surface area contributed by atoms with Gasteiger partial charge in [0, 0.05) is 17.8 Å². The lowest BCUT2D eigenvalue weighted by Crippen LogP contribution is -2.25. The molecule has 0 aliphatic carbocycles. The number of rotatable bonds is 7. The molecule has 0 unspecified atom stereocenters. The molecule has 0 spiro atoms. The molecule has 0 radical (unpaired) electrons. The quantitative estimate of drug-likeness (QED) is 0.645. The van der Waals surface area contributed by atoms with Crippen molar-refractivity contribution in [1.29, 1.82) is 0 Å². The van der Waals surface area contributed by atoms with Crippen molar-refractivity contribution in [2.75, 3.05) is 12.3 Å². The van der Waals surface area contributed by atoms with Crippen molar-refractivity contribution in [3.8, 4) is 17.1 Å². The highest BCUT2D eigenvalue weighted by Crippen LogP contribution is 2.27.